The Kier molecular flexibility index (Phi) is 6.36. The van der Waals surface area contributed by atoms with Crippen molar-refractivity contribution in [3.8, 4) is 39.2 Å². The van der Waals surface area contributed by atoms with E-state index in [1.807, 2.05) is 78.9 Å². The van der Waals surface area contributed by atoms with Crippen molar-refractivity contribution in [2.24, 2.45) is 0 Å². The van der Waals surface area contributed by atoms with Crippen LogP contribution in [0.2, 0.25) is 0 Å². The third kappa shape index (κ3) is 4.56. The summed E-state index contributed by atoms with van der Waals surface area (Å²) in [4.78, 5) is 0. The van der Waals surface area contributed by atoms with Gasteiger partial charge in [0.1, 0.15) is 18.1 Å². The molecule has 0 saturated carbocycles. The Bertz CT molecular complexity index is 1360. The van der Waals surface area contributed by atoms with Crippen LogP contribution < -0.4 is 18.9 Å². The zero-order valence-corrected chi connectivity index (χ0v) is 19.8. The van der Waals surface area contributed by atoms with Crippen LogP contribution in [0.4, 0.5) is 0 Å². The van der Waals surface area contributed by atoms with E-state index in [2.05, 4.69) is 18.2 Å². The van der Waals surface area contributed by atoms with Gasteiger partial charge in [0.05, 0.1) is 19.8 Å². The zero-order chi connectivity index (χ0) is 23.3. The molecule has 34 heavy (non-hydrogen) atoms. The van der Waals surface area contributed by atoms with Crippen molar-refractivity contribution in [2.45, 2.75) is 6.61 Å². The van der Waals surface area contributed by atoms with Gasteiger partial charge >= 0.3 is 0 Å². The molecule has 4 nitrogen and oxygen atoms in total. The monoisotopic (exact) mass is 468 g/mol. The van der Waals surface area contributed by atoms with E-state index in [0.717, 1.165) is 32.9 Å². The van der Waals surface area contributed by atoms with Crippen molar-refractivity contribution >= 4 is 21.4 Å². The highest BCUT2D eigenvalue weighted by molar-refractivity contribution is 7.20. The van der Waals surface area contributed by atoms with E-state index >= 15 is 0 Å². The fourth-order valence-electron chi connectivity index (χ4n) is 3.80. The van der Waals surface area contributed by atoms with Crippen LogP contribution in [0.1, 0.15) is 5.56 Å². The van der Waals surface area contributed by atoms with E-state index in [0.29, 0.717) is 23.9 Å². The average molecular weight is 469 g/mol. The van der Waals surface area contributed by atoms with Gasteiger partial charge in [-0.1, -0.05) is 72.0 Å². The third-order valence-corrected chi connectivity index (χ3v) is 6.52. The number of ether oxygens (including phenoxy) is 4. The topological polar surface area (TPSA) is 36.9 Å². The van der Waals surface area contributed by atoms with Crippen molar-refractivity contribution in [1.82, 2.24) is 0 Å². The van der Waals surface area contributed by atoms with Gasteiger partial charge in [-0.2, -0.15) is 0 Å². The molecule has 0 unspecified atom stereocenters. The second-order valence-corrected chi connectivity index (χ2v) is 8.72. The molecule has 0 aliphatic rings. The average Bonchev–Trinajstić information content (AvgIpc) is 3.30. The first-order chi connectivity index (χ1) is 16.7. The Labute approximate surface area is 202 Å². The van der Waals surface area contributed by atoms with Crippen molar-refractivity contribution in [1.29, 1.82) is 0 Å². The van der Waals surface area contributed by atoms with E-state index in [9.17, 15) is 0 Å². The number of hydrogen-bond acceptors (Lipinski definition) is 5. The van der Waals surface area contributed by atoms with Gasteiger partial charge in [-0.3, -0.25) is 0 Å². The maximum Gasteiger partial charge on any atom is 0.182 e. The molecule has 0 bridgehead atoms. The molecule has 5 aromatic rings. The molecule has 1 aromatic heterocycles. The first-order valence-electron chi connectivity index (χ1n) is 10.9. The molecule has 0 amide bonds. The fraction of sp³-hybridized carbons (Fsp3) is 0.103. The number of benzene rings is 4. The maximum atomic E-state index is 6.50. The molecular weight excluding hydrogens is 444 g/mol. The van der Waals surface area contributed by atoms with Crippen LogP contribution in [0.15, 0.2) is 97.1 Å². The van der Waals surface area contributed by atoms with Crippen LogP contribution in [0.3, 0.4) is 0 Å². The minimum absolute atomic E-state index is 0.443. The molecule has 0 radical (unpaired) electrons. The second-order valence-electron chi connectivity index (χ2n) is 7.68. The number of thiophene rings is 1. The molecule has 0 aliphatic carbocycles. The summed E-state index contributed by atoms with van der Waals surface area (Å²) in [6, 6.07) is 32.1. The summed E-state index contributed by atoms with van der Waals surface area (Å²) in [7, 11) is 3.31. The summed E-state index contributed by atoms with van der Waals surface area (Å²) in [6.07, 6.45) is 0. The van der Waals surface area contributed by atoms with E-state index < -0.39 is 0 Å². The molecule has 170 valence electrons. The largest absolute Gasteiger partial charge is 0.497 e. The number of fused-ring (bicyclic) bond motifs is 1. The predicted molar refractivity (Wildman–Crippen MR) is 138 cm³/mol. The Morgan fingerprint density at radius 3 is 2.18 bits per heavy atom. The Balaban J connectivity index is 1.60. The van der Waals surface area contributed by atoms with E-state index in [1.54, 1.807) is 25.6 Å². The SMILES string of the molecule is COc1ccc(-c2c(OCc3ccccc3)ccc(OC)c2Oc2cc3ccccc3s2)cc1. The molecule has 1 heterocycles. The van der Waals surface area contributed by atoms with Crippen molar-refractivity contribution < 1.29 is 18.9 Å². The van der Waals surface area contributed by atoms with E-state index in [-0.39, 0.29) is 0 Å². The Morgan fingerprint density at radius 1 is 0.706 bits per heavy atom. The van der Waals surface area contributed by atoms with Crippen LogP contribution in [0.5, 0.6) is 28.1 Å². The molecule has 0 atom stereocenters. The highest BCUT2D eigenvalue weighted by atomic mass is 32.1. The first-order valence-corrected chi connectivity index (χ1v) is 11.8. The van der Waals surface area contributed by atoms with Crippen molar-refractivity contribution in [3.05, 3.63) is 103 Å². The lowest BCUT2D eigenvalue weighted by molar-refractivity contribution is 0.304. The molecule has 0 fully saturated rings. The summed E-state index contributed by atoms with van der Waals surface area (Å²) in [5.41, 5.74) is 2.86. The zero-order valence-electron chi connectivity index (χ0n) is 19.0. The lowest BCUT2D eigenvalue weighted by atomic mass is 10.0. The summed E-state index contributed by atoms with van der Waals surface area (Å²) >= 11 is 1.60. The number of hydrogen-bond donors (Lipinski definition) is 0. The lowest BCUT2D eigenvalue weighted by Crippen LogP contribution is -2.00. The Morgan fingerprint density at radius 2 is 1.44 bits per heavy atom. The van der Waals surface area contributed by atoms with Crippen LogP contribution in [-0.4, -0.2) is 14.2 Å². The highest BCUT2D eigenvalue weighted by Crippen LogP contribution is 2.48. The maximum absolute atomic E-state index is 6.50. The van der Waals surface area contributed by atoms with Gasteiger partial charge in [-0.25, -0.2) is 0 Å². The van der Waals surface area contributed by atoms with Crippen LogP contribution in [-0.2, 0) is 6.61 Å². The minimum atomic E-state index is 0.443. The second kappa shape index (κ2) is 9.89. The fourth-order valence-corrected chi connectivity index (χ4v) is 4.72. The summed E-state index contributed by atoms with van der Waals surface area (Å²) in [5, 5.41) is 1.93. The van der Waals surface area contributed by atoms with E-state index in [1.165, 1.54) is 4.70 Å². The third-order valence-electron chi connectivity index (χ3n) is 5.52. The van der Waals surface area contributed by atoms with Gasteiger partial charge in [0, 0.05) is 10.8 Å². The van der Waals surface area contributed by atoms with Crippen molar-refractivity contribution in [2.75, 3.05) is 14.2 Å². The van der Waals surface area contributed by atoms with Gasteiger partial charge in [0.15, 0.2) is 16.6 Å². The quantitative estimate of drug-likeness (QED) is 0.231. The van der Waals surface area contributed by atoms with E-state index in [4.69, 9.17) is 18.9 Å². The molecule has 5 rings (SSSR count). The summed E-state index contributed by atoms with van der Waals surface area (Å²) in [5.74, 6) is 2.75. The molecule has 0 spiro atoms. The number of rotatable bonds is 8. The predicted octanol–water partition coefficient (Wildman–Crippen LogP) is 7.96. The molecule has 4 aromatic carbocycles. The van der Waals surface area contributed by atoms with Crippen LogP contribution in [0.25, 0.3) is 21.2 Å². The molecule has 0 aliphatic heterocycles. The highest BCUT2D eigenvalue weighted by Gasteiger charge is 2.21. The van der Waals surface area contributed by atoms with Gasteiger partial charge in [-0.05, 0) is 46.8 Å². The van der Waals surface area contributed by atoms with Gasteiger partial charge in [-0.15, -0.1) is 0 Å². The van der Waals surface area contributed by atoms with Crippen LogP contribution in [0, 0.1) is 0 Å². The van der Waals surface area contributed by atoms with Gasteiger partial charge in [0.2, 0.25) is 0 Å². The van der Waals surface area contributed by atoms with Crippen LogP contribution >= 0.6 is 11.3 Å². The first kappa shape index (κ1) is 21.9. The Hall–Kier alpha value is -3.96. The number of methoxy groups -OCH3 is 2. The molecular formula is C29H24O4S. The summed E-state index contributed by atoms with van der Waals surface area (Å²) < 4.78 is 25.1. The normalized spacial score (nSPS) is 10.8. The smallest absolute Gasteiger partial charge is 0.182 e. The van der Waals surface area contributed by atoms with Gasteiger partial charge < -0.3 is 18.9 Å². The summed E-state index contributed by atoms with van der Waals surface area (Å²) in [6.45, 7) is 0.443. The molecule has 5 heteroatoms. The lowest BCUT2D eigenvalue weighted by Gasteiger charge is -2.19. The molecule has 0 saturated heterocycles. The minimum Gasteiger partial charge on any atom is -0.497 e. The standard InChI is InChI=1S/C29H24O4S/c1-30-23-14-12-21(13-15-23)28-24(32-19-20-8-4-3-5-9-20)16-17-25(31-2)29(28)33-27-18-22-10-6-7-11-26(22)34-27/h3-18H,19H2,1-2H3. The van der Waals surface area contributed by atoms with Gasteiger partial charge in [0.25, 0.3) is 0 Å². The van der Waals surface area contributed by atoms with Crippen molar-refractivity contribution in [3.63, 3.8) is 0 Å². The molecule has 0 N–H and O–H groups in total.